The molecule has 124 valence electrons. The minimum Gasteiger partial charge on any atom is -0.508 e. The van der Waals surface area contributed by atoms with Gasteiger partial charge in [0.2, 0.25) is 0 Å². The topological polar surface area (TPSA) is 72.7 Å². The Morgan fingerprint density at radius 2 is 1.65 bits per heavy atom. The van der Waals surface area contributed by atoms with Crippen LogP contribution in [0, 0.1) is 0 Å². The fourth-order valence-electron chi connectivity index (χ4n) is 2.01. The zero-order valence-electron chi connectivity index (χ0n) is 12.0. The fourth-order valence-corrected chi connectivity index (χ4v) is 2.01. The number of hydrogen-bond acceptors (Lipinski definition) is 4. The van der Waals surface area contributed by atoms with Crippen molar-refractivity contribution < 1.29 is 28.5 Å². The normalized spacial score (nSPS) is 12.9. The van der Waals surface area contributed by atoms with E-state index in [1.165, 1.54) is 30.3 Å². The number of halogens is 3. The lowest BCUT2D eigenvalue weighted by Gasteiger charge is -2.14. The fraction of sp³-hybridized carbons (Fsp3) is 0.250. The van der Waals surface area contributed by atoms with Gasteiger partial charge in [-0.15, -0.1) is 0 Å². The summed E-state index contributed by atoms with van der Waals surface area (Å²) in [5.41, 5.74) is 1.49. The average molecular weight is 327 g/mol. The summed E-state index contributed by atoms with van der Waals surface area (Å²) in [5.74, 6) is 0.0521. The van der Waals surface area contributed by atoms with Gasteiger partial charge in [-0.1, -0.05) is 12.1 Å². The Morgan fingerprint density at radius 3 is 2.26 bits per heavy atom. The van der Waals surface area contributed by atoms with Gasteiger partial charge in [-0.2, -0.15) is 13.2 Å². The molecule has 0 saturated carbocycles. The number of phenolic OH excluding ortho intramolecular Hbond substituents is 2. The molecule has 2 aromatic rings. The molecule has 1 atom stereocenters. The van der Waals surface area contributed by atoms with Crippen molar-refractivity contribution in [3.8, 4) is 11.5 Å². The molecular weight excluding hydrogens is 311 g/mol. The molecule has 0 bridgehead atoms. The lowest BCUT2D eigenvalue weighted by molar-refractivity contribution is -0.203. The monoisotopic (exact) mass is 327 g/mol. The Bertz CT molecular complexity index is 657. The van der Waals surface area contributed by atoms with E-state index < -0.39 is 18.7 Å². The van der Waals surface area contributed by atoms with Crippen molar-refractivity contribution in [1.29, 1.82) is 0 Å². The standard InChI is InChI=1S/C16H16F3NO3/c17-16(18,19)15(23)7-10-1-3-12(4-2-10)20-9-11-8-13(21)5-6-14(11)22/h1-6,8,15,20-23H,7,9H2. The zero-order chi connectivity index (χ0) is 17.0. The Labute approximate surface area is 130 Å². The number of phenols is 2. The number of hydrogen-bond donors (Lipinski definition) is 4. The highest BCUT2D eigenvalue weighted by atomic mass is 19.4. The highest BCUT2D eigenvalue weighted by Crippen LogP contribution is 2.25. The molecule has 23 heavy (non-hydrogen) atoms. The van der Waals surface area contributed by atoms with Crippen molar-refractivity contribution in [2.45, 2.75) is 25.2 Å². The molecule has 0 heterocycles. The maximum Gasteiger partial charge on any atom is 0.414 e. The molecule has 2 rings (SSSR count). The van der Waals surface area contributed by atoms with Gasteiger partial charge in [-0.3, -0.25) is 0 Å². The summed E-state index contributed by atoms with van der Waals surface area (Å²) in [7, 11) is 0. The van der Waals surface area contributed by atoms with Crippen molar-refractivity contribution in [2.75, 3.05) is 5.32 Å². The van der Waals surface area contributed by atoms with Gasteiger partial charge in [0, 0.05) is 24.2 Å². The molecule has 0 aliphatic rings. The SMILES string of the molecule is Oc1ccc(O)c(CNc2ccc(CC(O)C(F)(F)F)cc2)c1. The molecule has 0 aliphatic heterocycles. The van der Waals surface area contributed by atoms with Gasteiger partial charge in [0.1, 0.15) is 11.5 Å². The molecular formula is C16H16F3NO3. The summed E-state index contributed by atoms with van der Waals surface area (Å²) in [5, 5.41) is 31.0. The molecule has 0 spiro atoms. The van der Waals surface area contributed by atoms with Crippen molar-refractivity contribution in [1.82, 2.24) is 0 Å². The highest BCUT2D eigenvalue weighted by molar-refractivity contribution is 5.47. The Hall–Kier alpha value is -2.41. The van der Waals surface area contributed by atoms with Crippen molar-refractivity contribution >= 4 is 5.69 Å². The van der Waals surface area contributed by atoms with Crippen molar-refractivity contribution in [3.63, 3.8) is 0 Å². The van der Waals surface area contributed by atoms with Gasteiger partial charge in [0.05, 0.1) is 0 Å². The third kappa shape index (κ3) is 4.79. The van der Waals surface area contributed by atoms with E-state index in [4.69, 9.17) is 5.11 Å². The highest BCUT2D eigenvalue weighted by Gasteiger charge is 2.37. The van der Waals surface area contributed by atoms with E-state index >= 15 is 0 Å². The van der Waals surface area contributed by atoms with E-state index in [1.54, 1.807) is 12.1 Å². The van der Waals surface area contributed by atoms with Crippen LogP contribution in [0.15, 0.2) is 42.5 Å². The van der Waals surface area contributed by atoms with Gasteiger partial charge < -0.3 is 20.6 Å². The smallest absolute Gasteiger partial charge is 0.414 e. The van der Waals surface area contributed by atoms with Crippen molar-refractivity contribution in [2.24, 2.45) is 0 Å². The summed E-state index contributed by atoms with van der Waals surface area (Å²) < 4.78 is 36.9. The van der Waals surface area contributed by atoms with Crippen LogP contribution < -0.4 is 5.32 Å². The second-order valence-corrected chi connectivity index (χ2v) is 5.13. The Morgan fingerprint density at radius 1 is 1.00 bits per heavy atom. The number of aliphatic hydroxyl groups is 1. The molecule has 0 radical (unpaired) electrons. The number of alkyl halides is 3. The number of rotatable bonds is 5. The average Bonchev–Trinajstić information content (AvgIpc) is 2.48. The number of benzene rings is 2. The third-order valence-corrected chi connectivity index (χ3v) is 3.31. The summed E-state index contributed by atoms with van der Waals surface area (Å²) in [4.78, 5) is 0. The third-order valence-electron chi connectivity index (χ3n) is 3.31. The number of aliphatic hydroxyl groups excluding tert-OH is 1. The quantitative estimate of drug-likeness (QED) is 0.637. The molecule has 0 fully saturated rings. The molecule has 4 nitrogen and oxygen atoms in total. The maximum atomic E-state index is 12.3. The van der Waals surface area contributed by atoms with Gasteiger partial charge in [0.15, 0.2) is 6.10 Å². The first-order valence-corrected chi connectivity index (χ1v) is 6.84. The van der Waals surface area contributed by atoms with Gasteiger partial charge >= 0.3 is 6.18 Å². The molecule has 4 N–H and O–H groups in total. The maximum absolute atomic E-state index is 12.3. The summed E-state index contributed by atoms with van der Waals surface area (Å²) in [6.07, 6.45) is -7.52. The minimum absolute atomic E-state index is 0.0242. The van der Waals surface area contributed by atoms with E-state index in [0.717, 1.165) is 0 Å². The largest absolute Gasteiger partial charge is 0.508 e. The molecule has 1 unspecified atom stereocenters. The van der Waals surface area contributed by atoms with Gasteiger partial charge in [-0.25, -0.2) is 0 Å². The number of aromatic hydroxyl groups is 2. The summed E-state index contributed by atoms with van der Waals surface area (Å²) in [6.45, 7) is 0.241. The molecule has 2 aromatic carbocycles. The summed E-state index contributed by atoms with van der Waals surface area (Å²) >= 11 is 0. The van der Waals surface area contributed by atoms with Crippen LogP contribution in [-0.2, 0) is 13.0 Å². The predicted molar refractivity (Wildman–Crippen MR) is 79.3 cm³/mol. The summed E-state index contributed by atoms with van der Waals surface area (Å²) in [6, 6.07) is 10.3. The second kappa shape index (κ2) is 6.78. The van der Waals surface area contributed by atoms with Crippen LogP contribution in [0.2, 0.25) is 0 Å². The first kappa shape index (κ1) is 17.0. The van der Waals surface area contributed by atoms with Crippen LogP contribution in [-0.4, -0.2) is 27.6 Å². The minimum atomic E-state index is -4.64. The zero-order valence-corrected chi connectivity index (χ0v) is 12.0. The van der Waals surface area contributed by atoms with Gasteiger partial charge in [-0.05, 0) is 35.9 Å². The van der Waals surface area contributed by atoms with Crippen LogP contribution in [0.3, 0.4) is 0 Å². The van der Waals surface area contributed by atoms with Crippen LogP contribution in [0.1, 0.15) is 11.1 Å². The van der Waals surface area contributed by atoms with Gasteiger partial charge in [0.25, 0.3) is 0 Å². The van der Waals surface area contributed by atoms with E-state index in [-0.39, 0.29) is 18.0 Å². The molecule has 7 heteroatoms. The van der Waals surface area contributed by atoms with E-state index in [9.17, 15) is 23.4 Å². The van der Waals surface area contributed by atoms with E-state index in [2.05, 4.69) is 5.32 Å². The van der Waals surface area contributed by atoms with E-state index in [0.29, 0.717) is 16.8 Å². The first-order valence-electron chi connectivity index (χ1n) is 6.84. The lowest BCUT2D eigenvalue weighted by Crippen LogP contribution is -2.30. The number of nitrogens with one attached hydrogen (secondary N) is 1. The Balaban J connectivity index is 1.96. The molecule has 0 aromatic heterocycles. The van der Waals surface area contributed by atoms with Crippen LogP contribution >= 0.6 is 0 Å². The lowest BCUT2D eigenvalue weighted by atomic mass is 10.1. The predicted octanol–water partition coefficient (Wildman–Crippen LogP) is 3.18. The Kier molecular flexibility index (Phi) is 5.00. The molecule has 0 aliphatic carbocycles. The van der Waals surface area contributed by atoms with Crippen LogP contribution in [0.4, 0.5) is 18.9 Å². The van der Waals surface area contributed by atoms with Crippen LogP contribution in [0.5, 0.6) is 11.5 Å². The molecule has 0 amide bonds. The van der Waals surface area contributed by atoms with Crippen LogP contribution in [0.25, 0.3) is 0 Å². The van der Waals surface area contributed by atoms with Crippen molar-refractivity contribution in [3.05, 3.63) is 53.6 Å². The molecule has 0 saturated heterocycles. The second-order valence-electron chi connectivity index (χ2n) is 5.13. The first-order chi connectivity index (χ1) is 10.8. The number of anilines is 1. The van der Waals surface area contributed by atoms with E-state index in [1.807, 2.05) is 0 Å².